The van der Waals surface area contributed by atoms with E-state index in [2.05, 4.69) is 0 Å². The van der Waals surface area contributed by atoms with E-state index in [0.29, 0.717) is 18.9 Å². The normalized spacial score (nSPS) is 13.7. The highest BCUT2D eigenvalue weighted by Gasteiger charge is 1.97. The van der Waals surface area contributed by atoms with Gasteiger partial charge in [-0.1, -0.05) is 6.92 Å². The lowest BCUT2D eigenvalue weighted by Crippen LogP contribution is -2.10. The van der Waals surface area contributed by atoms with Crippen LogP contribution in [0.25, 0.3) is 0 Å². The number of rotatable bonds is 5. The van der Waals surface area contributed by atoms with Gasteiger partial charge >= 0.3 is 0 Å². The Labute approximate surface area is 60.8 Å². The van der Waals surface area contributed by atoms with Crippen LogP contribution in [-0.2, 0) is 4.74 Å². The fraction of sp³-hybridized carbons (Fsp3) is 1.00. The maximum absolute atomic E-state index is 8.82. The van der Waals surface area contributed by atoms with Gasteiger partial charge in [0.05, 0.1) is 6.61 Å². The molecule has 1 unspecified atom stereocenters. The standard InChI is InChI=1S/C6H13ClO2/c1-2-6(8)9-5-3-4-7/h6,8H,2-5H2,1H3. The molecule has 0 rings (SSSR count). The van der Waals surface area contributed by atoms with Crippen LogP contribution in [0.5, 0.6) is 0 Å². The van der Waals surface area contributed by atoms with E-state index in [0.717, 1.165) is 6.42 Å². The third kappa shape index (κ3) is 6.09. The lowest BCUT2D eigenvalue weighted by molar-refractivity contribution is -0.0995. The minimum atomic E-state index is -0.604. The van der Waals surface area contributed by atoms with Gasteiger partial charge in [0.15, 0.2) is 6.29 Å². The summed E-state index contributed by atoms with van der Waals surface area (Å²) >= 11 is 5.37. The first kappa shape index (κ1) is 9.21. The summed E-state index contributed by atoms with van der Waals surface area (Å²) in [5.41, 5.74) is 0. The maximum atomic E-state index is 8.82. The first-order chi connectivity index (χ1) is 4.31. The molecule has 0 aromatic heterocycles. The number of aliphatic hydroxyl groups is 1. The summed E-state index contributed by atoms with van der Waals surface area (Å²) in [5.74, 6) is 0.594. The summed E-state index contributed by atoms with van der Waals surface area (Å²) in [4.78, 5) is 0. The van der Waals surface area contributed by atoms with E-state index in [1.807, 2.05) is 6.92 Å². The van der Waals surface area contributed by atoms with E-state index in [1.54, 1.807) is 0 Å². The SMILES string of the molecule is CCC(O)OCCCCl. The van der Waals surface area contributed by atoms with E-state index in [1.165, 1.54) is 0 Å². The summed E-state index contributed by atoms with van der Waals surface area (Å²) in [6.45, 7) is 2.42. The third-order valence-corrected chi connectivity index (χ3v) is 1.20. The molecule has 1 atom stereocenters. The number of hydrogen-bond acceptors (Lipinski definition) is 2. The molecule has 0 aliphatic heterocycles. The van der Waals surface area contributed by atoms with Gasteiger partial charge < -0.3 is 9.84 Å². The second-order valence-electron chi connectivity index (χ2n) is 1.78. The van der Waals surface area contributed by atoms with Crippen molar-refractivity contribution in [1.82, 2.24) is 0 Å². The van der Waals surface area contributed by atoms with Gasteiger partial charge in [-0.05, 0) is 12.8 Å². The monoisotopic (exact) mass is 152 g/mol. The van der Waals surface area contributed by atoms with Crippen molar-refractivity contribution in [2.45, 2.75) is 26.1 Å². The summed E-state index contributed by atoms with van der Waals surface area (Å²) in [7, 11) is 0. The molecular formula is C6H13ClO2. The predicted octanol–water partition coefficient (Wildman–Crippen LogP) is 1.36. The molecule has 0 spiro atoms. The Morgan fingerprint density at radius 2 is 2.33 bits per heavy atom. The van der Waals surface area contributed by atoms with Crippen LogP contribution < -0.4 is 0 Å². The van der Waals surface area contributed by atoms with Crippen molar-refractivity contribution in [2.24, 2.45) is 0 Å². The van der Waals surface area contributed by atoms with Crippen LogP contribution in [0.4, 0.5) is 0 Å². The Morgan fingerprint density at radius 3 is 2.78 bits per heavy atom. The highest BCUT2D eigenvalue weighted by atomic mass is 35.5. The molecule has 0 radical (unpaired) electrons. The quantitative estimate of drug-likeness (QED) is 0.366. The van der Waals surface area contributed by atoms with Crippen molar-refractivity contribution < 1.29 is 9.84 Å². The van der Waals surface area contributed by atoms with Crippen molar-refractivity contribution >= 4 is 11.6 Å². The van der Waals surface area contributed by atoms with Gasteiger partial charge in [0, 0.05) is 5.88 Å². The fourth-order valence-electron chi connectivity index (χ4n) is 0.392. The smallest absolute Gasteiger partial charge is 0.154 e. The Balaban J connectivity index is 2.88. The second kappa shape index (κ2) is 6.33. The molecule has 0 heterocycles. The third-order valence-electron chi connectivity index (χ3n) is 0.937. The molecule has 0 aliphatic rings. The minimum absolute atomic E-state index is 0.554. The molecule has 0 amide bonds. The Kier molecular flexibility index (Phi) is 6.48. The molecule has 9 heavy (non-hydrogen) atoms. The minimum Gasteiger partial charge on any atom is -0.368 e. The topological polar surface area (TPSA) is 29.5 Å². The molecule has 0 aliphatic carbocycles. The summed E-state index contributed by atoms with van der Waals surface area (Å²) < 4.78 is 4.90. The molecule has 56 valence electrons. The average molecular weight is 153 g/mol. The van der Waals surface area contributed by atoms with Crippen molar-refractivity contribution in [3.05, 3.63) is 0 Å². The van der Waals surface area contributed by atoms with E-state index >= 15 is 0 Å². The van der Waals surface area contributed by atoms with Gasteiger partial charge in [-0.25, -0.2) is 0 Å². The van der Waals surface area contributed by atoms with Gasteiger partial charge in [0.1, 0.15) is 0 Å². The van der Waals surface area contributed by atoms with Gasteiger partial charge in [0.2, 0.25) is 0 Å². The van der Waals surface area contributed by atoms with Crippen LogP contribution in [0.1, 0.15) is 19.8 Å². The Bertz CT molecular complexity index is 59.0. The number of hydrogen-bond donors (Lipinski definition) is 1. The molecule has 3 heteroatoms. The molecule has 0 bridgehead atoms. The van der Waals surface area contributed by atoms with E-state index in [4.69, 9.17) is 21.4 Å². The zero-order valence-corrected chi connectivity index (χ0v) is 6.40. The second-order valence-corrected chi connectivity index (χ2v) is 2.15. The van der Waals surface area contributed by atoms with Gasteiger partial charge in [-0.15, -0.1) is 11.6 Å². The zero-order chi connectivity index (χ0) is 7.11. The molecule has 1 N–H and O–H groups in total. The Morgan fingerprint density at radius 1 is 1.67 bits per heavy atom. The average Bonchev–Trinajstić information content (AvgIpc) is 1.89. The molecule has 0 aromatic carbocycles. The van der Waals surface area contributed by atoms with E-state index in [9.17, 15) is 0 Å². The van der Waals surface area contributed by atoms with Gasteiger partial charge in [-0.2, -0.15) is 0 Å². The maximum Gasteiger partial charge on any atom is 0.154 e. The highest BCUT2D eigenvalue weighted by Crippen LogP contribution is 1.94. The van der Waals surface area contributed by atoms with Crippen LogP contribution >= 0.6 is 11.6 Å². The molecule has 2 nitrogen and oxygen atoms in total. The molecule has 0 saturated carbocycles. The van der Waals surface area contributed by atoms with Crippen LogP contribution in [0.3, 0.4) is 0 Å². The first-order valence-electron chi connectivity index (χ1n) is 3.17. The number of aliphatic hydroxyl groups excluding tert-OH is 1. The number of alkyl halides is 1. The lowest BCUT2D eigenvalue weighted by Gasteiger charge is -2.07. The zero-order valence-electron chi connectivity index (χ0n) is 5.64. The first-order valence-corrected chi connectivity index (χ1v) is 3.70. The van der Waals surface area contributed by atoms with Gasteiger partial charge in [0.25, 0.3) is 0 Å². The predicted molar refractivity (Wildman–Crippen MR) is 37.6 cm³/mol. The van der Waals surface area contributed by atoms with Crippen molar-refractivity contribution in [3.8, 4) is 0 Å². The number of ether oxygens (including phenoxy) is 1. The summed E-state index contributed by atoms with van der Waals surface area (Å²) in [6, 6.07) is 0. The van der Waals surface area contributed by atoms with Gasteiger partial charge in [-0.3, -0.25) is 0 Å². The molecule has 0 fully saturated rings. The van der Waals surface area contributed by atoms with Crippen LogP contribution in [0, 0.1) is 0 Å². The molecular weight excluding hydrogens is 140 g/mol. The van der Waals surface area contributed by atoms with Crippen molar-refractivity contribution in [1.29, 1.82) is 0 Å². The van der Waals surface area contributed by atoms with E-state index in [-0.39, 0.29) is 0 Å². The Hall–Kier alpha value is 0.210. The molecule has 0 aromatic rings. The summed E-state index contributed by atoms with van der Waals surface area (Å²) in [5, 5.41) is 8.82. The van der Waals surface area contributed by atoms with Crippen molar-refractivity contribution in [3.63, 3.8) is 0 Å². The lowest BCUT2D eigenvalue weighted by atomic mass is 10.4. The fourth-order valence-corrected chi connectivity index (χ4v) is 0.501. The van der Waals surface area contributed by atoms with Crippen LogP contribution in [0.15, 0.2) is 0 Å². The molecule has 0 saturated heterocycles. The van der Waals surface area contributed by atoms with E-state index < -0.39 is 6.29 Å². The number of halogens is 1. The van der Waals surface area contributed by atoms with Crippen LogP contribution in [-0.4, -0.2) is 23.9 Å². The largest absolute Gasteiger partial charge is 0.368 e. The summed E-state index contributed by atoms with van der Waals surface area (Å²) in [6.07, 6.45) is 0.842. The highest BCUT2D eigenvalue weighted by molar-refractivity contribution is 6.17. The van der Waals surface area contributed by atoms with Crippen molar-refractivity contribution in [2.75, 3.05) is 12.5 Å². The van der Waals surface area contributed by atoms with Crippen LogP contribution in [0.2, 0.25) is 0 Å².